The third-order valence-electron chi connectivity index (χ3n) is 3.62. The van der Waals surface area contributed by atoms with Gasteiger partial charge in [-0.25, -0.2) is 0 Å². The summed E-state index contributed by atoms with van der Waals surface area (Å²) in [4.78, 5) is 10.6. The highest BCUT2D eigenvalue weighted by atomic mass is 16.6. The van der Waals surface area contributed by atoms with Crippen molar-refractivity contribution in [1.29, 1.82) is 0 Å². The highest BCUT2D eigenvalue weighted by Gasteiger charge is 1.97. The molecule has 0 aliphatic heterocycles. The molecular formula is C18H34O3. The largest absolute Gasteiger partial charge is 0.481 e. The molecule has 3 nitrogen and oxygen atoms in total. The molecule has 0 amide bonds. The Morgan fingerprint density at radius 1 is 0.857 bits per heavy atom. The zero-order valence-corrected chi connectivity index (χ0v) is 14.0. The average molecular weight is 298 g/mol. The quantitative estimate of drug-likeness (QED) is 0.241. The number of carbonyl (C=O) groups is 1. The monoisotopic (exact) mass is 298 g/mol. The first kappa shape index (κ1) is 20.0. The number of ether oxygens (including phenoxy) is 1. The summed E-state index contributed by atoms with van der Waals surface area (Å²) in [6.45, 7) is 3.54. The van der Waals surface area contributed by atoms with Crippen molar-refractivity contribution in [2.45, 2.75) is 97.3 Å². The Morgan fingerprint density at radius 2 is 1.29 bits per heavy atom. The van der Waals surface area contributed by atoms with Crippen LogP contribution in [-0.2, 0) is 9.53 Å². The van der Waals surface area contributed by atoms with E-state index in [1.54, 1.807) is 6.08 Å². The summed E-state index contributed by atoms with van der Waals surface area (Å²) in [5.41, 5.74) is 0. The van der Waals surface area contributed by atoms with Gasteiger partial charge in [0.1, 0.15) is 0 Å². The van der Waals surface area contributed by atoms with Crippen LogP contribution in [0.1, 0.15) is 97.3 Å². The lowest BCUT2D eigenvalue weighted by atomic mass is 10.0. The SMILES string of the molecule is CCCCCCCCCCCCCC/C=C(\O)OC(C)=O. The van der Waals surface area contributed by atoms with Gasteiger partial charge in [-0.3, -0.25) is 4.79 Å². The summed E-state index contributed by atoms with van der Waals surface area (Å²) in [6.07, 6.45) is 18.2. The molecule has 0 radical (unpaired) electrons. The number of rotatable bonds is 14. The zero-order valence-electron chi connectivity index (χ0n) is 14.0. The van der Waals surface area contributed by atoms with Crippen LogP contribution in [0.2, 0.25) is 0 Å². The molecule has 1 N–H and O–H groups in total. The molecule has 0 heterocycles. The maximum absolute atomic E-state index is 10.6. The smallest absolute Gasteiger partial charge is 0.310 e. The lowest BCUT2D eigenvalue weighted by Crippen LogP contribution is -1.97. The lowest BCUT2D eigenvalue weighted by Gasteiger charge is -2.02. The Bertz CT molecular complexity index is 272. The van der Waals surface area contributed by atoms with Crippen molar-refractivity contribution in [1.82, 2.24) is 0 Å². The predicted octanol–water partition coefficient (Wildman–Crippen LogP) is 6.04. The molecule has 0 aliphatic carbocycles. The van der Waals surface area contributed by atoms with Gasteiger partial charge in [0.15, 0.2) is 0 Å². The van der Waals surface area contributed by atoms with Crippen LogP contribution in [0.3, 0.4) is 0 Å². The maximum Gasteiger partial charge on any atom is 0.310 e. The molecule has 0 spiro atoms. The Kier molecular flexibility index (Phi) is 14.7. The van der Waals surface area contributed by atoms with Gasteiger partial charge in [-0.2, -0.15) is 0 Å². The number of aliphatic hydroxyl groups excluding tert-OH is 1. The van der Waals surface area contributed by atoms with Crippen molar-refractivity contribution in [2.24, 2.45) is 0 Å². The molecule has 0 aliphatic rings. The molecule has 0 saturated heterocycles. The minimum atomic E-state index is -0.474. The van der Waals surface area contributed by atoms with Gasteiger partial charge < -0.3 is 9.84 Å². The Hall–Kier alpha value is -0.990. The molecule has 0 aromatic rings. The summed E-state index contributed by atoms with van der Waals surface area (Å²) in [6, 6.07) is 0. The Labute approximate surface area is 130 Å². The van der Waals surface area contributed by atoms with Gasteiger partial charge in [-0.15, -0.1) is 0 Å². The summed E-state index contributed by atoms with van der Waals surface area (Å²) in [5.74, 6) is -0.732. The van der Waals surface area contributed by atoms with Crippen LogP contribution in [0.4, 0.5) is 0 Å². The van der Waals surface area contributed by atoms with Crippen molar-refractivity contribution < 1.29 is 14.6 Å². The van der Waals surface area contributed by atoms with Gasteiger partial charge in [0, 0.05) is 6.92 Å². The van der Waals surface area contributed by atoms with Gasteiger partial charge in [0.2, 0.25) is 0 Å². The second-order valence-electron chi connectivity index (χ2n) is 5.81. The van der Waals surface area contributed by atoms with Gasteiger partial charge in [0.05, 0.1) is 0 Å². The van der Waals surface area contributed by atoms with Crippen LogP contribution < -0.4 is 0 Å². The number of carbonyl (C=O) groups excluding carboxylic acids is 1. The number of aliphatic hydroxyl groups is 1. The highest BCUT2D eigenvalue weighted by molar-refractivity contribution is 5.66. The van der Waals surface area contributed by atoms with E-state index in [4.69, 9.17) is 0 Å². The van der Waals surface area contributed by atoms with Crippen LogP contribution in [0, 0.1) is 0 Å². The standard InChI is InChI=1S/C18H34O3/c1-3-4-5-6-7-8-9-10-11-12-13-14-15-16-18(20)21-17(2)19/h16,20H,3-15H2,1-2H3/b18-16+. The normalized spacial score (nSPS) is 11.6. The van der Waals surface area contributed by atoms with Gasteiger partial charge in [0.25, 0.3) is 5.95 Å². The fourth-order valence-corrected chi connectivity index (χ4v) is 2.40. The first-order chi connectivity index (χ1) is 10.2. The van der Waals surface area contributed by atoms with Crippen LogP contribution in [0.5, 0.6) is 0 Å². The van der Waals surface area contributed by atoms with E-state index in [0.29, 0.717) is 0 Å². The molecule has 0 saturated carbocycles. The number of allylic oxidation sites excluding steroid dienone is 1. The average Bonchev–Trinajstić information content (AvgIpc) is 2.43. The van der Waals surface area contributed by atoms with Crippen LogP contribution in [-0.4, -0.2) is 11.1 Å². The highest BCUT2D eigenvalue weighted by Crippen LogP contribution is 2.12. The van der Waals surface area contributed by atoms with Gasteiger partial charge in [-0.1, -0.05) is 77.6 Å². The van der Waals surface area contributed by atoms with E-state index in [2.05, 4.69) is 11.7 Å². The zero-order chi connectivity index (χ0) is 15.8. The minimum Gasteiger partial charge on any atom is -0.481 e. The molecule has 0 aromatic heterocycles. The van der Waals surface area contributed by atoms with Crippen LogP contribution in [0.25, 0.3) is 0 Å². The Morgan fingerprint density at radius 3 is 1.71 bits per heavy atom. The third kappa shape index (κ3) is 17.0. The molecule has 124 valence electrons. The fourth-order valence-electron chi connectivity index (χ4n) is 2.40. The first-order valence-corrected chi connectivity index (χ1v) is 8.74. The number of hydrogen-bond acceptors (Lipinski definition) is 3. The Balaban J connectivity index is 3.17. The van der Waals surface area contributed by atoms with E-state index in [-0.39, 0.29) is 5.95 Å². The third-order valence-corrected chi connectivity index (χ3v) is 3.62. The fraction of sp³-hybridized carbons (Fsp3) is 0.833. The molecule has 0 bridgehead atoms. The van der Waals surface area contributed by atoms with E-state index in [9.17, 15) is 9.90 Å². The number of hydrogen-bond donors (Lipinski definition) is 1. The molecule has 0 atom stereocenters. The van der Waals surface area contributed by atoms with E-state index in [0.717, 1.165) is 12.8 Å². The predicted molar refractivity (Wildman–Crippen MR) is 88.2 cm³/mol. The van der Waals surface area contributed by atoms with E-state index < -0.39 is 5.97 Å². The summed E-state index contributed by atoms with van der Waals surface area (Å²) in [7, 11) is 0. The summed E-state index contributed by atoms with van der Waals surface area (Å²) < 4.78 is 4.53. The second-order valence-corrected chi connectivity index (χ2v) is 5.81. The van der Waals surface area contributed by atoms with E-state index >= 15 is 0 Å². The molecule has 0 aromatic carbocycles. The van der Waals surface area contributed by atoms with E-state index in [1.807, 2.05) is 0 Å². The molecule has 0 rings (SSSR count). The van der Waals surface area contributed by atoms with Crippen molar-refractivity contribution in [3.05, 3.63) is 12.0 Å². The molecular weight excluding hydrogens is 264 g/mol. The maximum atomic E-state index is 10.6. The van der Waals surface area contributed by atoms with E-state index in [1.165, 1.54) is 77.6 Å². The van der Waals surface area contributed by atoms with Crippen molar-refractivity contribution in [3.8, 4) is 0 Å². The van der Waals surface area contributed by atoms with Crippen molar-refractivity contribution >= 4 is 5.97 Å². The van der Waals surface area contributed by atoms with Crippen molar-refractivity contribution in [2.75, 3.05) is 0 Å². The minimum absolute atomic E-state index is 0.259. The molecule has 21 heavy (non-hydrogen) atoms. The van der Waals surface area contributed by atoms with Gasteiger partial charge in [-0.05, 0) is 18.9 Å². The number of unbranched alkanes of at least 4 members (excludes halogenated alkanes) is 12. The lowest BCUT2D eigenvalue weighted by molar-refractivity contribution is -0.140. The van der Waals surface area contributed by atoms with Crippen LogP contribution >= 0.6 is 0 Å². The number of esters is 1. The van der Waals surface area contributed by atoms with Crippen LogP contribution in [0.15, 0.2) is 12.0 Å². The summed E-state index contributed by atoms with van der Waals surface area (Å²) in [5, 5.41) is 9.21. The molecule has 0 fully saturated rings. The molecule has 0 unspecified atom stereocenters. The second kappa shape index (κ2) is 15.4. The summed E-state index contributed by atoms with van der Waals surface area (Å²) >= 11 is 0. The topological polar surface area (TPSA) is 46.5 Å². The molecule has 3 heteroatoms. The van der Waals surface area contributed by atoms with Gasteiger partial charge >= 0.3 is 5.97 Å². The van der Waals surface area contributed by atoms with Crippen molar-refractivity contribution in [3.63, 3.8) is 0 Å². The first-order valence-electron chi connectivity index (χ1n) is 8.74.